The Kier molecular flexibility index (Phi) is 4.46. The number of hydrogen-bond acceptors (Lipinski definition) is 5. The highest BCUT2D eigenvalue weighted by molar-refractivity contribution is 6.04. The maximum absolute atomic E-state index is 12.2. The van der Waals surface area contributed by atoms with Gasteiger partial charge in [-0.1, -0.05) is 24.3 Å². The van der Waals surface area contributed by atoms with Crippen LogP contribution in [-0.2, 0) is 4.74 Å². The van der Waals surface area contributed by atoms with Crippen molar-refractivity contribution in [1.82, 2.24) is 0 Å². The lowest BCUT2D eigenvalue weighted by Gasteiger charge is -2.09. The number of ether oxygens (including phenoxy) is 2. The summed E-state index contributed by atoms with van der Waals surface area (Å²) in [5.41, 5.74) is 0.431. The summed E-state index contributed by atoms with van der Waals surface area (Å²) in [7, 11) is 1.23. The number of carbonyl (C=O) groups excluding carboxylic acids is 3. The van der Waals surface area contributed by atoms with Gasteiger partial charge in [0.25, 0.3) is 0 Å². The van der Waals surface area contributed by atoms with E-state index in [1.54, 1.807) is 24.3 Å². The molecule has 0 fully saturated rings. The van der Waals surface area contributed by atoms with Gasteiger partial charge in [0.05, 0.1) is 23.8 Å². The van der Waals surface area contributed by atoms with Crippen molar-refractivity contribution in [3.8, 4) is 5.75 Å². The number of rotatable bonds is 4. The van der Waals surface area contributed by atoms with E-state index in [1.165, 1.54) is 31.4 Å². The summed E-state index contributed by atoms with van der Waals surface area (Å²) < 4.78 is 9.80. The SMILES string of the molecule is COC(=O)c1ccccc1C(=O)Oc1ccccc1C=O. The van der Waals surface area contributed by atoms with E-state index >= 15 is 0 Å². The molecule has 2 aromatic rings. The van der Waals surface area contributed by atoms with Gasteiger partial charge in [-0.3, -0.25) is 4.79 Å². The molecule has 21 heavy (non-hydrogen) atoms. The minimum absolute atomic E-state index is 0.0741. The number of esters is 2. The molecule has 0 bridgehead atoms. The molecule has 5 nitrogen and oxygen atoms in total. The van der Waals surface area contributed by atoms with Gasteiger partial charge in [-0.05, 0) is 24.3 Å². The van der Waals surface area contributed by atoms with E-state index in [0.717, 1.165) is 0 Å². The van der Waals surface area contributed by atoms with Crippen LogP contribution in [0.4, 0.5) is 0 Å². The van der Waals surface area contributed by atoms with Crippen LogP contribution in [0.3, 0.4) is 0 Å². The Morgan fingerprint density at radius 1 is 0.905 bits per heavy atom. The van der Waals surface area contributed by atoms with Gasteiger partial charge in [-0.15, -0.1) is 0 Å². The van der Waals surface area contributed by atoms with Crippen LogP contribution in [-0.4, -0.2) is 25.3 Å². The predicted octanol–water partition coefficient (Wildman–Crippen LogP) is 2.50. The Bertz CT molecular complexity index is 691. The summed E-state index contributed by atoms with van der Waals surface area (Å²) in [5.74, 6) is -1.23. The fourth-order valence-corrected chi connectivity index (χ4v) is 1.77. The maximum atomic E-state index is 12.2. The normalized spacial score (nSPS) is 9.76. The summed E-state index contributed by atoms with van der Waals surface area (Å²) in [6.45, 7) is 0. The molecule has 0 unspecified atom stereocenters. The molecule has 2 rings (SSSR count). The van der Waals surface area contributed by atoms with Gasteiger partial charge in [0, 0.05) is 0 Å². The van der Waals surface area contributed by atoms with Crippen molar-refractivity contribution >= 4 is 18.2 Å². The van der Waals surface area contributed by atoms with Gasteiger partial charge < -0.3 is 9.47 Å². The van der Waals surface area contributed by atoms with Gasteiger partial charge in [0.1, 0.15) is 5.75 Å². The van der Waals surface area contributed by atoms with Crippen LogP contribution in [0.5, 0.6) is 5.75 Å². The number of aldehydes is 1. The van der Waals surface area contributed by atoms with Crippen LogP contribution in [0.15, 0.2) is 48.5 Å². The van der Waals surface area contributed by atoms with Crippen LogP contribution in [0.25, 0.3) is 0 Å². The second-order valence-electron chi connectivity index (χ2n) is 4.08. The van der Waals surface area contributed by atoms with Gasteiger partial charge >= 0.3 is 11.9 Å². The first kappa shape index (κ1) is 14.5. The highest BCUT2D eigenvalue weighted by Crippen LogP contribution is 2.19. The summed E-state index contributed by atoms with van der Waals surface area (Å²) in [6.07, 6.45) is 0.592. The fraction of sp³-hybridized carbons (Fsp3) is 0.0625. The highest BCUT2D eigenvalue weighted by atomic mass is 16.5. The largest absolute Gasteiger partial charge is 0.465 e. The van der Waals surface area contributed by atoms with Crippen molar-refractivity contribution in [2.75, 3.05) is 7.11 Å². The zero-order valence-corrected chi connectivity index (χ0v) is 11.2. The van der Waals surface area contributed by atoms with E-state index in [4.69, 9.17) is 4.74 Å². The van der Waals surface area contributed by atoms with Crippen molar-refractivity contribution in [2.45, 2.75) is 0 Å². The molecule has 0 saturated heterocycles. The van der Waals surface area contributed by atoms with Crippen LogP contribution >= 0.6 is 0 Å². The van der Waals surface area contributed by atoms with Crippen LogP contribution in [0, 0.1) is 0 Å². The third-order valence-corrected chi connectivity index (χ3v) is 2.80. The van der Waals surface area contributed by atoms with Crippen molar-refractivity contribution in [1.29, 1.82) is 0 Å². The summed E-state index contributed by atoms with van der Waals surface area (Å²) >= 11 is 0. The Morgan fingerprint density at radius 3 is 2.10 bits per heavy atom. The molecule has 0 aromatic heterocycles. The van der Waals surface area contributed by atoms with Crippen molar-refractivity contribution in [3.05, 3.63) is 65.2 Å². The third kappa shape index (κ3) is 3.14. The molecular weight excluding hydrogens is 272 g/mol. The van der Waals surface area contributed by atoms with E-state index in [-0.39, 0.29) is 22.4 Å². The Labute approximate surface area is 121 Å². The quantitative estimate of drug-likeness (QED) is 0.490. The second-order valence-corrected chi connectivity index (χ2v) is 4.08. The van der Waals surface area contributed by atoms with Gasteiger partial charge in [-0.2, -0.15) is 0 Å². The van der Waals surface area contributed by atoms with Gasteiger partial charge in [0.15, 0.2) is 6.29 Å². The predicted molar refractivity (Wildman–Crippen MR) is 74.6 cm³/mol. The van der Waals surface area contributed by atoms with Crippen LogP contribution < -0.4 is 4.74 Å². The minimum Gasteiger partial charge on any atom is -0.465 e. The van der Waals surface area contributed by atoms with E-state index in [1.807, 2.05) is 0 Å². The smallest absolute Gasteiger partial charge is 0.344 e. The molecule has 0 atom stereocenters. The maximum Gasteiger partial charge on any atom is 0.344 e. The summed E-state index contributed by atoms with van der Waals surface area (Å²) in [6, 6.07) is 12.5. The molecule has 0 aliphatic heterocycles. The summed E-state index contributed by atoms with van der Waals surface area (Å²) in [5, 5.41) is 0. The minimum atomic E-state index is -0.731. The molecule has 0 aliphatic carbocycles. The molecule has 0 saturated carbocycles. The molecule has 0 heterocycles. The first-order valence-corrected chi connectivity index (χ1v) is 6.11. The first-order chi connectivity index (χ1) is 10.2. The monoisotopic (exact) mass is 284 g/mol. The molecule has 0 radical (unpaired) electrons. The Hall–Kier alpha value is -2.95. The van der Waals surface area contributed by atoms with Gasteiger partial charge in [0.2, 0.25) is 0 Å². The van der Waals surface area contributed by atoms with E-state index < -0.39 is 11.9 Å². The van der Waals surface area contributed by atoms with E-state index in [0.29, 0.717) is 6.29 Å². The van der Waals surface area contributed by atoms with Crippen LogP contribution in [0.1, 0.15) is 31.1 Å². The molecule has 0 amide bonds. The van der Waals surface area contributed by atoms with Gasteiger partial charge in [-0.25, -0.2) is 9.59 Å². The van der Waals surface area contributed by atoms with Crippen molar-refractivity contribution in [3.63, 3.8) is 0 Å². The van der Waals surface area contributed by atoms with Crippen molar-refractivity contribution < 1.29 is 23.9 Å². The zero-order valence-electron chi connectivity index (χ0n) is 11.2. The lowest BCUT2D eigenvalue weighted by molar-refractivity contribution is 0.0587. The Balaban J connectivity index is 2.33. The molecule has 0 N–H and O–H groups in total. The molecule has 2 aromatic carbocycles. The topological polar surface area (TPSA) is 69.7 Å². The molecule has 0 spiro atoms. The lowest BCUT2D eigenvalue weighted by atomic mass is 10.1. The standard InChI is InChI=1S/C16H12O5/c1-20-15(18)12-7-3-4-8-13(12)16(19)21-14-9-5-2-6-11(14)10-17/h2-10H,1H3. The second kappa shape index (κ2) is 6.47. The van der Waals surface area contributed by atoms with Crippen molar-refractivity contribution in [2.24, 2.45) is 0 Å². The molecular formula is C16H12O5. The first-order valence-electron chi connectivity index (χ1n) is 6.11. The third-order valence-electron chi connectivity index (χ3n) is 2.80. The molecule has 0 aliphatic rings. The Morgan fingerprint density at radius 2 is 1.48 bits per heavy atom. The average molecular weight is 284 g/mol. The number of hydrogen-bond donors (Lipinski definition) is 0. The average Bonchev–Trinajstić information content (AvgIpc) is 2.54. The lowest BCUT2D eigenvalue weighted by Crippen LogP contribution is -2.15. The number of carbonyl (C=O) groups is 3. The van der Waals surface area contributed by atoms with E-state index in [9.17, 15) is 14.4 Å². The van der Waals surface area contributed by atoms with E-state index in [2.05, 4.69) is 4.74 Å². The fourth-order valence-electron chi connectivity index (χ4n) is 1.77. The number of methoxy groups -OCH3 is 1. The number of benzene rings is 2. The molecule has 5 heteroatoms. The van der Waals surface area contributed by atoms with Crippen LogP contribution in [0.2, 0.25) is 0 Å². The zero-order chi connectivity index (χ0) is 15.2. The summed E-state index contributed by atoms with van der Waals surface area (Å²) in [4.78, 5) is 34.7. The highest BCUT2D eigenvalue weighted by Gasteiger charge is 2.19. The molecule has 106 valence electrons. The number of para-hydroxylation sites is 1.